The largest absolute Gasteiger partial charge is 0.497 e. The van der Waals surface area contributed by atoms with Crippen LogP contribution in [0.2, 0.25) is 0 Å². The Morgan fingerprint density at radius 3 is 2.35 bits per heavy atom. The second kappa shape index (κ2) is 11.7. The number of esters is 1. The molecule has 0 radical (unpaired) electrons. The monoisotopic (exact) mass is 504 g/mol. The van der Waals surface area contributed by atoms with E-state index >= 15 is 0 Å². The van der Waals surface area contributed by atoms with Crippen molar-refractivity contribution < 1.29 is 23.9 Å². The van der Waals surface area contributed by atoms with Gasteiger partial charge < -0.3 is 19.7 Å². The van der Waals surface area contributed by atoms with E-state index < -0.39 is 5.97 Å². The van der Waals surface area contributed by atoms with Crippen LogP contribution < -0.4 is 15.0 Å². The van der Waals surface area contributed by atoms with Crippen molar-refractivity contribution in [1.29, 1.82) is 0 Å². The number of nitrogens with zero attached hydrogens (tertiary/aromatic N) is 3. The van der Waals surface area contributed by atoms with E-state index in [9.17, 15) is 14.4 Å². The molecule has 4 rings (SSSR count). The first-order valence-electron chi connectivity index (χ1n) is 12.6. The summed E-state index contributed by atoms with van der Waals surface area (Å²) in [4.78, 5) is 40.2. The van der Waals surface area contributed by atoms with Crippen molar-refractivity contribution in [1.82, 2.24) is 9.78 Å². The van der Waals surface area contributed by atoms with Crippen molar-refractivity contribution in [3.63, 3.8) is 0 Å². The van der Waals surface area contributed by atoms with Gasteiger partial charge in [0.2, 0.25) is 5.91 Å². The van der Waals surface area contributed by atoms with Crippen LogP contribution in [0.25, 0.3) is 5.69 Å². The van der Waals surface area contributed by atoms with Crippen LogP contribution in [-0.4, -0.2) is 47.8 Å². The molecular formula is C28H32N4O5. The first-order valence-corrected chi connectivity index (χ1v) is 12.6. The summed E-state index contributed by atoms with van der Waals surface area (Å²) in [5, 5.41) is 7.41. The van der Waals surface area contributed by atoms with Crippen LogP contribution in [0, 0.1) is 0 Å². The van der Waals surface area contributed by atoms with Gasteiger partial charge in [-0.2, -0.15) is 5.10 Å². The fourth-order valence-electron chi connectivity index (χ4n) is 4.36. The minimum Gasteiger partial charge on any atom is -0.497 e. The van der Waals surface area contributed by atoms with Crippen LogP contribution in [0.15, 0.2) is 48.5 Å². The normalized spacial score (nSPS) is 12.7. The second-order valence-electron chi connectivity index (χ2n) is 8.77. The SMILES string of the molecule is CCCCCC(=O)Nc1ccc(N2CCc3c(C(=O)OCC)nn(-c4ccc(OC)cc4)c3C2=O)cc1. The fourth-order valence-corrected chi connectivity index (χ4v) is 4.36. The molecule has 9 heteroatoms. The number of fused-ring (bicyclic) bond motifs is 1. The molecule has 1 aliphatic rings. The Bertz CT molecular complexity index is 1260. The predicted octanol–water partition coefficient (Wildman–Crippen LogP) is 4.78. The van der Waals surface area contributed by atoms with Crippen molar-refractivity contribution in [2.45, 2.75) is 46.0 Å². The van der Waals surface area contributed by atoms with Crippen molar-refractivity contribution in [2.24, 2.45) is 0 Å². The molecule has 0 spiro atoms. The standard InChI is InChI=1S/C28H32N4O5/c1-4-6-7-8-24(33)29-19-9-11-20(12-10-19)31-18-17-23-25(28(35)37-5-2)30-32(26(23)27(31)34)21-13-15-22(36-3)16-14-21/h9-16H,4-8,17-18H2,1-3H3,(H,29,33). The lowest BCUT2D eigenvalue weighted by atomic mass is 10.0. The zero-order valence-electron chi connectivity index (χ0n) is 21.5. The van der Waals surface area contributed by atoms with Gasteiger partial charge in [-0.1, -0.05) is 19.8 Å². The molecule has 1 aliphatic heterocycles. The Hall–Kier alpha value is -4.14. The molecule has 0 atom stereocenters. The summed E-state index contributed by atoms with van der Waals surface area (Å²) in [5.41, 5.74) is 3.06. The lowest BCUT2D eigenvalue weighted by molar-refractivity contribution is -0.116. The third kappa shape index (κ3) is 5.66. The Balaban J connectivity index is 1.61. The van der Waals surface area contributed by atoms with Crippen LogP contribution in [0.5, 0.6) is 5.75 Å². The first kappa shape index (κ1) is 25.9. The number of amides is 2. The summed E-state index contributed by atoms with van der Waals surface area (Å²) < 4.78 is 12.0. The Morgan fingerprint density at radius 2 is 1.70 bits per heavy atom. The third-order valence-electron chi connectivity index (χ3n) is 6.27. The first-order chi connectivity index (χ1) is 18.0. The average molecular weight is 505 g/mol. The van der Waals surface area contributed by atoms with Crippen LogP contribution in [0.4, 0.5) is 11.4 Å². The van der Waals surface area contributed by atoms with Crippen molar-refractivity contribution >= 4 is 29.2 Å². The lowest BCUT2D eigenvalue weighted by Gasteiger charge is -2.28. The van der Waals surface area contributed by atoms with Gasteiger partial charge in [-0.15, -0.1) is 0 Å². The Kier molecular flexibility index (Phi) is 8.22. The summed E-state index contributed by atoms with van der Waals surface area (Å²) in [6.07, 6.45) is 3.88. The summed E-state index contributed by atoms with van der Waals surface area (Å²) in [6.45, 7) is 4.43. The Labute approximate surface area is 216 Å². The van der Waals surface area contributed by atoms with Gasteiger partial charge in [0.05, 0.1) is 19.4 Å². The van der Waals surface area contributed by atoms with Gasteiger partial charge in [-0.25, -0.2) is 9.48 Å². The minimum absolute atomic E-state index is 0.0187. The molecule has 37 heavy (non-hydrogen) atoms. The number of unbranched alkanes of at least 4 members (excludes halogenated alkanes) is 2. The minimum atomic E-state index is -0.550. The molecule has 0 saturated heterocycles. The summed E-state index contributed by atoms with van der Waals surface area (Å²) in [5.74, 6) is -0.168. The molecule has 3 aromatic rings. The summed E-state index contributed by atoms with van der Waals surface area (Å²) in [7, 11) is 1.58. The molecule has 0 unspecified atom stereocenters. The molecule has 0 saturated carbocycles. The summed E-state index contributed by atoms with van der Waals surface area (Å²) in [6, 6.07) is 14.3. The van der Waals surface area contributed by atoms with Crippen LogP contribution in [-0.2, 0) is 16.0 Å². The van der Waals surface area contributed by atoms with E-state index in [0.717, 1.165) is 19.3 Å². The molecule has 2 heterocycles. The zero-order valence-corrected chi connectivity index (χ0v) is 21.5. The summed E-state index contributed by atoms with van der Waals surface area (Å²) >= 11 is 0. The second-order valence-corrected chi connectivity index (χ2v) is 8.77. The maximum atomic E-state index is 13.8. The van der Waals surface area contributed by atoms with Gasteiger partial charge >= 0.3 is 5.97 Å². The number of nitrogens with one attached hydrogen (secondary N) is 1. The highest BCUT2D eigenvalue weighted by Crippen LogP contribution is 2.30. The van der Waals surface area contributed by atoms with Gasteiger partial charge in [-0.3, -0.25) is 9.59 Å². The highest BCUT2D eigenvalue weighted by molar-refractivity contribution is 6.09. The molecular weight excluding hydrogens is 472 g/mol. The number of hydrogen-bond donors (Lipinski definition) is 1. The highest BCUT2D eigenvalue weighted by atomic mass is 16.5. The number of carbonyl (C=O) groups is 3. The molecule has 2 aromatic carbocycles. The third-order valence-corrected chi connectivity index (χ3v) is 6.27. The van der Waals surface area contributed by atoms with Crippen LogP contribution >= 0.6 is 0 Å². The number of anilines is 2. The molecule has 1 aromatic heterocycles. The number of aromatic nitrogens is 2. The molecule has 9 nitrogen and oxygen atoms in total. The molecule has 1 N–H and O–H groups in total. The van der Waals surface area contributed by atoms with E-state index in [1.54, 1.807) is 55.3 Å². The zero-order chi connectivity index (χ0) is 26.4. The number of rotatable bonds is 10. The topological polar surface area (TPSA) is 103 Å². The van der Waals surface area contributed by atoms with Gasteiger partial charge in [0, 0.05) is 29.9 Å². The molecule has 194 valence electrons. The van der Waals surface area contributed by atoms with Crippen LogP contribution in [0.3, 0.4) is 0 Å². The van der Waals surface area contributed by atoms with E-state index in [1.807, 2.05) is 12.1 Å². The number of methoxy groups -OCH3 is 1. The maximum Gasteiger partial charge on any atom is 0.359 e. The number of benzene rings is 2. The van der Waals surface area contributed by atoms with Crippen molar-refractivity contribution in [3.05, 3.63) is 65.5 Å². The molecule has 0 aliphatic carbocycles. The van der Waals surface area contributed by atoms with Gasteiger partial charge in [0.15, 0.2) is 5.69 Å². The highest BCUT2D eigenvalue weighted by Gasteiger charge is 2.35. The van der Waals surface area contributed by atoms with E-state index in [-0.39, 0.29) is 24.1 Å². The molecule has 0 fully saturated rings. The van der Waals surface area contributed by atoms with Crippen molar-refractivity contribution in [3.8, 4) is 11.4 Å². The maximum absolute atomic E-state index is 13.8. The molecule has 0 bridgehead atoms. The van der Waals surface area contributed by atoms with E-state index in [0.29, 0.717) is 53.5 Å². The average Bonchev–Trinajstić information content (AvgIpc) is 3.31. The molecule has 2 amide bonds. The number of hydrogen-bond acceptors (Lipinski definition) is 6. The lowest BCUT2D eigenvalue weighted by Crippen LogP contribution is -2.39. The number of ether oxygens (including phenoxy) is 2. The van der Waals surface area contributed by atoms with E-state index in [1.165, 1.54) is 4.68 Å². The number of carbonyl (C=O) groups excluding carboxylic acids is 3. The fraction of sp³-hybridized carbons (Fsp3) is 0.357. The smallest absolute Gasteiger partial charge is 0.359 e. The van der Waals surface area contributed by atoms with Gasteiger partial charge in [-0.05, 0) is 68.3 Å². The van der Waals surface area contributed by atoms with Crippen LogP contribution in [0.1, 0.15) is 66.1 Å². The van der Waals surface area contributed by atoms with E-state index in [2.05, 4.69) is 17.3 Å². The Morgan fingerprint density at radius 1 is 1.00 bits per heavy atom. The quantitative estimate of drug-likeness (QED) is 0.315. The van der Waals surface area contributed by atoms with E-state index in [4.69, 9.17) is 9.47 Å². The van der Waals surface area contributed by atoms with Crippen molar-refractivity contribution in [2.75, 3.05) is 30.5 Å². The van der Waals surface area contributed by atoms with Gasteiger partial charge in [0.25, 0.3) is 5.91 Å². The van der Waals surface area contributed by atoms with Gasteiger partial charge in [0.1, 0.15) is 11.4 Å². The predicted molar refractivity (Wildman–Crippen MR) is 141 cm³/mol.